The monoisotopic (exact) mass is 453 g/mol. The number of nitrogens with one attached hydrogen (secondary N) is 1. The van der Waals surface area contributed by atoms with Crippen LogP contribution in [0.25, 0.3) is 27.9 Å². The molecule has 2 N–H and O–H groups in total. The molecule has 3 heterocycles. The van der Waals surface area contributed by atoms with Crippen LogP contribution in [0.2, 0.25) is 0 Å². The molecule has 0 radical (unpaired) electrons. The number of carbonyl (C=O) groups is 1. The Balaban J connectivity index is 1.64. The van der Waals surface area contributed by atoms with Crippen molar-refractivity contribution in [1.29, 1.82) is 0 Å². The summed E-state index contributed by atoms with van der Waals surface area (Å²) < 4.78 is 8.22. The molecule has 7 nitrogen and oxygen atoms in total. The molecule has 1 atom stereocenters. The summed E-state index contributed by atoms with van der Waals surface area (Å²) >= 11 is 0. The van der Waals surface area contributed by atoms with Crippen molar-refractivity contribution in [1.82, 2.24) is 9.38 Å². The van der Waals surface area contributed by atoms with Crippen molar-refractivity contribution >= 4 is 28.3 Å². The third-order valence-electron chi connectivity index (χ3n) is 5.85. The summed E-state index contributed by atoms with van der Waals surface area (Å²) in [7, 11) is 0. The van der Waals surface area contributed by atoms with E-state index < -0.39 is 5.97 Å². The zero-order valence-electron chi connectivity index (χ0n) is 19.0. The number of benzene rings is 2. The van der Waals surface area contributed by atoms with E-state index in [2.05, 4.69) is 10.3 Å². The van der Waals surface area contributed by atoms with Gasteiger partial charge in [-0.1, -0.05) is 18.2 Å². The summed E-state index contributed by atoms with van der Waals surface area (Å²) in [6.07, 6.45) is 3.80. The number of anilines is 1. The first-order chi connectivity index (χ1) is 16.3. The minimum absolute atomic E-state index is 0.138. The lowest BCUT2D eigenvalue weighted by atomic mass is 10.00. The number of carboxylic acid groups (broad SMARTS) is 1. The van der Waals surface area contributed by atoms with Crippen LogP contribution in [0.5, 0.6) is 0 Å². The van der Waals surface area contributed by atoms with Crippen LogP contribution in [0.3, 0.4) is 0 Å². The Morgan fingerprint density at radius 3 is 2.68 bits per heavy atom. The summed E-state index contributed by atoms with van der Waals surface area (Å²) in [5.41, 5.74) is 5.17. The summed E-state index contributed by atoms with van der Waals surface area (Å²) in [4.78, 5) is 29.2. The number of para-hydroxylation sites is 1. The summed E-state index contributed by atoms with van der Waals surface area (Å²) in [6, 6.07) is 15.5. The molecule has 3 aromatic heterocycles. The number of rotatable bonds is 5. The van der Waals surface area contributed by atoms with Crippen LogP contribution in [0.4, 0.5) is 5.69 Å². The first-order valence-electron chi connectivity index (χ1n) is 10.9. The summed E-state index contributed by atoms with van der Waals surface area (Å²) in [5.74, 6) is -0.558. The highest BCUT2D eigenvalue weighted by atomic mass is 16.4. The molecular formula is C27H23N3O4. The minimum atomic E-state index is -1.01. The minimum Gasteiger partial charge on any atom is -0.478 e. The maximum absolute atomic E-state index is 13.1. The molecule has 0 aliphatic carbocycles. The molecule has 0 amide bonds. The van der Waals surface area contributed by atoms with E-state index >= 15 is 0 Å². The number of nitrogens with zero attached hydrogens (tertiary/aromatic N) is 2. The Morgan fingerprint density at radius 1 is 1.09 bits per heavy atom. The molecule has 34 heavy (non-hydrogen) atoms. The molecule has 0 fully saturated rings. The molecule has 1 unspecified atom stereocenters. The van der Waals surface area contributed by atoms with Crippen molar-refractivity contribution in [2.24, 2.45) is 0 Å². The normalized spacial score (nSPS) is 12.2. The number of fused-ring (bicyclic) bond motifs is 2. The molecule has 0 saturated heterocycles. The molecule has 170 valence electrons. The largest absolute Gasteiger partial charge is 0.478 e. The molecule has 7 heteroatoms. The summed E-state index contributed by atoms with van der Waals surface area (Å²) in [5, 5.41) is 13.3. The van der Waals surface area contributed by atoms with Crippen LogP contribution in [-0.4, -0.2) is 20.5 Å². The fraction of sp³-hybridized carbons (Fsp3) is 0.148. The predicted octanol–water partition coefficient (Wildman–Crippen LogP) is 5.60. The van der Waals surface area contributed by atoms with E-state index in [9.17, 15) is 14.7 Å². The lowest BCUT2D eigenvalue weighted by molar-refractivity contribution is 0.0698. The maximum atomic E-state index is 13.1. The number of imidazole rings is 1. The van der Waals surface area contributed by atoms with Gasteiger partial charge < -0.3 is 19.2 Å². The number of hydrogen-bond donors (Lipinski definition) is 2. The van der Waals surface area contributed by atoms with Crippen LogP contribution < -0.4 is 10.7 Å². The van der Waals surface area contributed by atoms with Gasteiger partial charge in [-0.15, -0.1) is 0 Å². The van der Waals surface area contributed by atoms with Crippen LogP contribution in [0.1, 0.15) is 40.1 Å². The van der Waals surface area contributed by atoms with Gasteiger partial charge in [-0.2, -0.15) is 0 Å². The van der Waals surface area contributed by atoms with E-state index in [1.165, 1.54) is 6.07 Å². The number of aromatic nitrogens is 2. The average Bonchev–Trinajstić information content (AvgIpc) is 3.18. The van der Waals surface area contributed by atoms with Gasteiger partial charge in [0, 0.05) is 35.3 Å². The smallest absolute Gasteiger partial charge is 0.337 e. The standard InChI is InChI=1S/C27H23N3O4/c1-15-10-20(17(3)29-22-7-5-4-6-19(22)27(32)33)26-21(11-15)23(31)12-24(34-26)18-8-9-25-28-16(2)13-30(25)14-18/h4-14,17,29H,1-3H3,(H,32,33). The Morgan fingerprint density at radius 2 is 1.88 bits per heavy atom. The Hall–Kier alpha value is -4.39. The maximum Gasteiger partial charge on any atom is 0.337 e. The van der Waals surface area contributed by atoms with Crippen molar-refractivity contribution in [3.05, 3.63) is 99.6 Å². The number of aromatic carboxylic acids is 1. The zero-order valence-corrected chi connectivity index (χ0v) is 19.0. The number of carboxylic acids is 1. The quantitative estimate of drug-likeness (QED) is 0.360. The van der Waals surface area contributed by atoms with Gasteiger partial charge in [0.1, 0.15) is 17.0 Å². The Bertz CT molecular complexity index is 1630. The SMILES string of the molecule is Cc1cc(C(C)Nc2ccccc2C(=O)O)c2oc(-c3ccc4nc(C)cn4c3)cc(=O)c2c1. The lowest BCUT2D eigenvalue weighted by Gasteiger charge is -2.19. The van der Waals surface area contributed by atoms with Crippen molar-refractivity contribution in [2.75, 3.05) is 5.32 Å². The fourth-order valence-electron chi connectivity index (χ4n) is 4.27. The average molecular weight is 453 g/mol. The van der Waals surface area contributed by atoms with Gasteiger partial charge in [-0.05, 0) is 56.7 Å². The van der Waals surface area contributed by atoms with Crippen LogP contribution in [0, 0.1) is 13.8 Å². The summed E-state index contributed by atoms with van der Waals surface area (Å²) in [6.45, 7) is 5.76. The van der Waals surface area contributed by atoms with E-state index in [0.717, 1.165) is 28.0 Å². The predicted molar refractivity (Wildman–Crippen MR) is 132 cm³/mol. The third kappa shape index (κ3) is 3.81. The van der Waals surface area contributed by atoms with Crippen molar-refractivity contribution in [3.8, 4) is 11.3 Å². The first kappa shape index (κ1) is 21.5. The van der Waals surface area contributed by atoms with E-state index in [4.69, 9.17) is 4.42 Å². The molecule has 0 aliphatic heterocycles. The number of aryl methyl sites for hydroxylation is 2. The van der Waals surface area contributed by atoms with Crippen molar-refractivity contribution in [3.63, 3.8) is 0 Å². The fourth-order valence-corrected chi connectivity index (χ4v) is 4.27. The van der Waals surface area contributed by atoms with Gasteiger partial charge in [0.2, 0.25) is 0 Å². The molecule has 0 aliphatic rings. The zero-order chi connectivity index (χ0) is 24.0. The Kier molecular flexibility index (Phi) is 5.17. The highest BCUT2D eigenvalue weighted by Crippen LogP contribution is 2.31. The van der Waals surface area contributed by atoms with Crippen LogP contribution >= 0.6 is 0 Å². The second-order valence-corrected chi connectivity index (χ2v) is 8.49. The van der Waals surface area contributed by atoms with Gasteiger partial charge in [0.05, 0.1) is 22.7 Å². The highest BCUT2D eigenvalue weighted by molar-refractivity contribution is 5.94. The van der Waals surface area contributed by atoms with E-state index in [1.54, 1.807) is 24.3 Å². The van der Waals surface area contributed by atoms with Gasteiger partial charge >= 0.3 is 5.97 Å². The van der Waals surface area contributed by atoms with Gasteiger partial charge in [0.25, 0.3) is 0 Å². The highest BCUT2D eigenvalue weighted by Gasteiger charge is 2.18. The van der Waals surface area contributed by atoms with Crippen LogP contribution in [-0.2, 0) is 0 Å². The molecule has 2 aromatic carbocycles. The molecule has 5 aromatic rings. The second kappa shape index (κ2) is 8.19. The van der Waals surface area contributed by atoms with E-state index in [0.29, 0.717) is 22.4 Å². The number of hydrogen-bond acceptors (Lipinski definition) is 5. The van der Waals surface area contributed by atoms with Gasteiger partial charge in [-0.25, -0.2) is 9.78 Å². The molecule has 0 saturated carbocycles. The Labute approximate surface area is 195 Å². The van der Waals surface area contributed by atoms with Crippen LogP contribution in [0.15, 0.2) is 76.2 Å². The van der Waals surface area contributed by atoms with Crippen molar-refractivity contribution < 1.29 is 14.3 Å². The van der Waals surface area contributed by atoms with E-state index in [-0.39, 0.29) is 17.0 Å². The molecule has 5 rings (SSSR count). The van der Waals surface area contributed by atoms with Gasteiger partial charge in [0.15, 0.2) is 5.43 Å². The lowest BCUT2D eigenvalue weighted by Crippen LogP contribution is -2.12. The van der Waals surface area contributed by atoms with Gasteiger partial charge in [-0.3, -0.25) is 4.79 Å². The molecule has 0 bridgehead atoms. The topological polar surface area (TPSA) is 96.8 Å². The molecule has 0 spiro atoms. The molecular weight excluding hydrogens is 430 g/mol. The van der Waals surface area contributed by atoms with E-state index in [1.807, 2.05) is 61.8 Å². The second-order valence-electron chi connectivity index (χ2n) is 8.49. The van der Waals surface area contributed by atoms with Crippen molar-refractivity contribution in [2.45, 2.75) is 26.8 Å². The first-order valence-corrected chi connectivity index (χ1v) is 10.9. The number of pyridine rings is 1. The third-order valence-corrected chi connectivity index (χ3v) is 5.85.